The lowest BCUT2D eigenvalue weighted by Crippen LogP contribution is -2.27. The third-order valence-corrected chi connectivity index (χ3v) is 10.3. The van der Waals surface area contributed by atoms with Gasteiger partial charge < -0.3 is 9.47 Å². The normalized spacial score (nSPS) is 15.2. The molecule has 0 fully saturated rings. The van der Waals surface area contributed by atoms with E-state index >= 15 is 0 Å². The van der Waals surface area contributed by atoms with Crippen LogP contribution in [0.1, 0.15) is 12.0 Å². The molecule has 2 aliphatic rings. The van der Waals surface area contributed by atoms with Crippen LogP contribution in [0.25, 0.3) is 66.1 Å². The first-order valence-electron chi connectivity index (χ1n) is 16.8. The second-order valence-electron chi connectivity index (χ2n) is 12.9. The average molecular weight is 613 g/mol. The smallest absolute Gasteiger partial charge is 0.0633 e. The summed E-state index contributed by atoms with van der Waals surface area (Å²) in [6, 6.07) is 58.1. The summed E-state index contributed by atoms with van der Waals surface area (Å²) < 4.78 is 2.38. The van der Waals surface area contributed by atoms with Crippen LogP contribution in [0.5, 0.6) is 0 Å². The van der Waals surface area contributed by atoms with E-state index in [4.69, 9.17) is 0 Å². The number of hydrogen-bond donors (Lipinski definition) is 0. The Morgan fingerprint density at radius 3 is 2.04 bits per heavy atom. The SMILES string of the molecule is C1=CCC2C(=C1)c1cc(-c3ccccc3-c3ccc4c(c3)c3ccccc3n4-c3ccccc3)ccc1N2c1cccc2ccccc12. The first-order chi connectivity index (χ1) is 23.8. The fourth-order valence-electron chi connectivity index (χ4n) is 8.14. The van der Waals surface area contributed by atoms with Gasteiger partial charge in [-0.15, -0.1) is 0 Å². The number of allylic oxidation sites excluding steroid dienone is 2. The van der Waals surface area contributed by atoms with E-state index in [1.165, 1.54) is 83.0 Å². The Hall–Kier alpha value is -6.12. The van der Waals surface area contributed by atoms with Crippen molar-refractivity contribution in [2.75, 3.05) is 4.90 Å². The van der Waals surface area contributed by atoms with E-state index in [0.717, 1.165) is 6.42 Å². The van der Waals surface area contributed by atoms with Crippen molar-refractivity contribution < 1.29 is 0 Å². The van der Waals surface area contributed by atoms with E-state index in [0.29, 0.717) is 0 Å². The summed E-state index contributed by atoms with van der Waals surface area (Å²) in [5.74, 6) is 0. The van der Waals surface area contributed by atoms with Gasteiger partial charge in [0.15, 0.2) is 0 Å². The molecule has 1 aliphatic heterocycles. The van der Waals surface area contributed by atoms with Crippen LogP contribution in [0.2, 0.25) is 0 Å². The quantitative estimate of drug-likeness (QED) is 0.192. The van der Waals surface area contributed by atoms with E-state index in [9.17, 15) is 0 Å². The number of para-hydroxylation sites is 2. The predicted octanol–water partition coefficient (Wildman–Crippen LogP) is 12.1. The molecule has 8 aromatic rings. The number of fused-ring (bicyclic) bond motifs is 7. The van der Waals surface area contributed by atoms with Crippen molar-refractivity contribution in [2.45, 2.75) is 12.5 Å². The molecule has 1 aromatic heterocycles. The van der Waals surface area contributed by atoms with Crippen LogP contribution in [-0.2, 0) is 0 Å². The van der Waals surface area contributed by atoms with Crippen LogP contribution in [-0.4, -0.2) is 10.6 Å². The summed E-state index contributed by atoms with van der Waals surface area (Å²) in [7, 11) is 0. The second kappa shape index (κ2) is 10.7. The molecule has 0 bridgehead atoms. The summed E-state index contributed by atoms with van der Waals surface area (Å²) >= 11 is 0. The maximum atomic E-state index is 2.57. The van der Waals surface area contributed by atoms with Gasteiger partial charge in [-0.1, -0.05) is 127 Å². The fourth-order valence-corrected chi connectivity index (χ4v) is 8.14. The zero-order chi connectivity index (χ0) is 31.6. The van der Waals surface area contributed by atoms with Crippen molar-refractivity contribution in [2.24, 2.45) is 0 Å². The van der Waals surface area contributed by atoms with Crippen molar-refractivity contribution in [3.05, 3.63) is 182 Å². The zero-order valence-electron chi connectivity index (χ0n) is 26.4. The lowest BCUT2D eigenvalue weighted by Gasteiger charge is -2.29. The number of rotatable bonds is 4. The lowest BCUT2D eigenvalue weighted by atomic mass is 9.90. The van der Waals surface area contributed by atoms with E-state index in [2.05, 4.69) is 185 Å². The maximum absolute atomic E-state index is 2.57. The third-order valence-electron chi connectivity index (χ3n) is 10.3. The van der Waals surface area contributed by atoms with Crippen molar-refractivity contribution in [3.8, 4) is 27.9 Å². The highest BCUT2D eigenvalue weighted by molar-refractivity contribution is 6.11. The molecule has 2 heterocycles. The number of aromatic nitrogens is 1. The van der Waals surface area contributed by atoms with Gasteiger partial charge in [0.1, 0.15) is 0 Å². The van der Waals surface area contributed by atoms with Crippen LogP contribution in [0.4, 0.5) is 11.4 Å². The molecule has 2 heteroatoms. The summed E-state index contributed by atoms with van der Waals surface area (Å²) in [6.07, 6.45) is 7.85. The van der Waals surface area contributed by atoms with Crippen LogP contribution in [0.15, 0.2) is 176 Å². The molecule has 1 atom stereocenters. The van der Waals surface area contributed by atoms with Crippen molar-refractivity contribution in [1.29, 1.82) is 0 Å². The van der Waals surface area contributed by atoms with E-state index in [-0.39, 0.29) is 6.04 Å². The Morgan fingerprint density at radius 2 is 1.17 bits per heavy atom. The molecule has 1 aliphatic carbocycles. The molecule has 7 aromatic carbocycles. The van der Waals surface area contributed by atoms with Gasteiger partial charge in [0, 0.05) is 38.8 Å². The van der Waals surface area contributed by atoms with Gasteiger partial charge >= 0.3 is 0 Å². The fraction of sp³-hybridized carbons (Fsp3) is 0.0435. The minimum Gasteiger partial charge on any atom is -0.332 e. The molecule has 0 spiro atoms. The Morgan fingerprint density at radius 1 is 0.479 bits per heavy atom. The van der Waals surface area contributed by atoms with Crippen molar-refractivity contribution >= 4 is 49.5 Å². The van der Waals surface area contributed by atoms with Gasteiger partial charge in [-0.3, -0.25) is 0 Å². The van der Waals surface area contributed by atoms with Gasteiger partial charge in [-0.05, 0) is 88.2 Å². The number of benzene rings is 7. The molecule has 0 saturated carbocycles. The summed E-state index contributed by atoms with van der Waals surface area (Å²) in [5.41, 5.74) is 13.9. The third kappa shape index (κ3) is 4.06. The van der Waals surface area contributed by atoms with Crippen LogP contribution in [0.3, 0.4) is 0 Å². The Balaban J connectivity index is 1.12. The van der Waals surface area contributed by atoms with Gasteiger partial charge in [0.25, 0.3) is 0 Å². The van der Waals surface area contributed by atoms with Gasteiger partial charge in [-0.25, -0.2) is 0 Å². The largest absolute Gasteiger partial charge is 0.332 e. The summed E-state index contributed by atoms with van der Waals surface area (Å²) in [4.78, 5) is 2.57. The zero-order valence-corrected chi connectivity index (χ0v) is 26.4. The minimum atomic E-state index is 0.283. The Labute approximate surface area is 280 Å². The Bertz CT molecular complexity index is 2600. The van der Waals surface area contributed by atoms with Crippen LogP contribution in [0, 0.1) is 0 Å². The lowest BCUT2D eigenvalue weighted by molar-refractivity contribution is 0.832. The highest BCUT2D eigenvalue weighted by Crippen LogP contribution is 2.50. The topological polar surface area (TPSA) is 8.17 Å². The molecule has 0 radical (unpaired) electrons. The van der Waals surface area contributed by atoms with E-state index < -0.39 is 0 Å². The predicted molar refractivity (Wildman–Crippen MR) is 203 cm³/mol. The van der Waals surface area contributed by atoms with Crippen molar-refractivity contribution in [3.63, 3.8) is 0 Å². The number of anilines is 2. The highest BCUT2D eigenvalue weighted by atomic mass is 15.2. The average Bonchev–Trinajstić information content (AvgIpc) is 3.67. The molecule has 10 rings (SSSR count). The highest BCUT2D eigenvalue weighted by Gasteiger charge is 2.35. The van der Waals surface area contributed by atoms with Crippen LogP contribution >= 0.6 is 0 Å². The molecule has 0 saturated heterocycles. The standard InChI is InChI=1S/C46H32N2/c1-2-15-34(16-3-1)47-43-22-10-8-20-38(43)40-29-32(25-27-45(40)47)35-17-6-7-18-36(35)33-26-28-46-41(30-33)39-21-9-11-23-44(39)48(46)42-24-12-14-31-13-4-5-19-37(31)42/h1-22,24-30,44H,23H2. The maximum Gasteiger partial charge on any atom is 0.0633 e. The van der Waals surface area contributed by atoms with Gasteiger partial charge in [-0.2, -0.15) is 0 Å². The first-order valence-corrected chi connectivity index (χ1v) is 16.8. The van der Waals surface area contributed by atoms with Crippen LogP contribution < -0.4 is 4.90 Å². The second-order valence-corrected chi connectivity index (χ2v) is 12.9. The summed E-state index contributed by atoms with van der Waals surface area (Å²) in [5, 5.41) is 5.10. The first kappa shape index (κ1) is 27.0. The van der Waals surface area contributed by atoms with Crippen molar-refractivity contribution in [1.82, 2.24) is 4.57 Å². The minimum absolute atomic E-state index is 0.283. The number of hydrogen-bond acceptors (Lipinski definition) is 1. The molecular formula is C46H32N2. The molecule has 1 unspecified atom stereocenters. The monoisotopic (exact) mass is 612 g/mol. The summed E-state index contributed by atoms with van der Waals surface area (Å²) in [6.45, 7) is 0. The molecule has 48 heavy (non-hydrogen) atoms. The molecular weight excluding hydrogens is 581 g/mol. The molecule has 226 valence electrons. The molecule has 2 nitrogen and oxygen atoms in total. The molecule has 0 N–H and O–H groups in total. The van der Waals surface area contributed by atoms with E-state index in [1.54, 1.807) is 0 Å². The van der Waals surface area contributed by atoms with E-state index in [1.807, 2.05) is 0 Å². The number of nitrogens with zero attached hydrogens (tertiary/aromatic N) is 2. The van der Waals surface area contributed by atoms with Gasteiger partial charge in [0.2, 0.25) is 0 Å². The Kier molecular flexibility index (Phi) is 6.04. The van der Waals surface area contributed by atoms with Gasteiger partial charge in [0.05, 0.1) is 17.1 Å². The molecule has 0 amide bonds.